The number of aryl methyl sites for hydroxylation is 2. The number of amides is 3. The lowest BCUT2D eigenvalue weighted by Gasteiger charge is -2.35. The number of hydrogen-bond acceptors (Lipinski definition) is 5. The van der Waals surface area contributed by atoms with E-state index in [1.807, 2.05) is 32.2 Å². The number of carbonyl (C=O) groups is 3. The summed E-state index contributed by atoms with van der Waals surface area (Å²) in [7, 11) is 0. The van der Waals surface area contributed by atoms with E-state index in [1.54, 1.807) is 37.4 Å². The summed E-state index contributed by atoms with van der Waals surface area (Å²) < 4.78 is 5.46. The number of rotatable bonds is 12. The van der Waals surface area contributed by atoms with Gasteiger partial charge in [0, 0.05) is 12.6 Å². The molecule has 1 aliphatic carbocycles. The smallest absolute Gasteiger partial charge is 0.408 e. The van der Waals surface area contributed by atoms with Crippen molar-refractivity contribution in [2.75, 3.05) is 18.6 Å². The molecule has 0 aromatic heterocycles. The Kier molecular flexibility index (Phi) is 11.1. The number of hydrogen-bond donors (Lipinski definition) is 2. The third kappa shape index (κ3) is 9.02. The second-order valence-electron chi connectivity index (χ2n) is 11.0. The molecule has 7 nitrogen and oxygen atoms in total. The highest BCUT2D eigenvalue weighted by molar-refractivity contribution is 7.98. The van der Waals surface area contributed by atoms with Gasteiger partial charge in [-0.25, -0.2) is 4.79 Å². The van der Waals surface area contributed by atoms with E-state index >= 15 is 0 Å². The zero-order chi connectivity index (χ0) is 27.0. The number of thioether (sulfide) groups is 1. The molecule has 3 amide bonds. The van der Waals surface area contributed by atoms with Gasteiger partial charge >= 0.3 is 6.09 Å². The van der Waals surface area contributed by atoms with E-state index in [2.05, 4.69) is 30.5 Å². The van der Waals surface area contributed by atoms with Crippen LogP contribution in [0.4, 0.5) is 4.79 Å². The van der Waals surface area contributed by atoms with Gasteiger partial charge in [-0.05, 0) is 77.4 Å². The Balaban J connectivity index is 2.47. The number of nitrogens with zero attached hydrogens (tertiary/aromatic N) is 1. The number of alkyl carbamates (subject to hydrolysis) is 1. The van der Waals surface area contributed by atoms with Crippen molar-refractivity contribution in [3.63, 3.8) is 0 Å². The lowest BCUT2D eigenvalue weighted by atomic mass is 9.98. The van der Waals surface area contributed by atoms with Crippen molar-refractivity contribution < 1.29 is 19.1 Å². The van der Waals surface area contributed by atoms with E-state index in [0.29, 0.717) is 18.7 Å². The molecule has 0 saturated heterocycles. The van der Waals surface area contributed by atoms with E-state index in [0.717, 1.165) is 36.0 Å². The number of nitrogens with one attached hydrogen (secondary N) is 2. The average molecular weight is 520 g/mol. The first-order valence-corrected chi connectivity index (χ1v) is 14.4. The second-order valence-corrected chi connectivity index (χ2v) is 12.0. The average Bonchev–Trinajstić information content (AvgIpc) is 3.48. The molecule has 8 heteroatoms. The summed E-state index contributed by atoms with van der Waals surface area (Å²) in [5.74, 6) is 0.561. The van der Waals surface area contributed by atoms with Gasteiger partial charge in [0.1, 0.15) is 17.7 Å². The Hall–Kier alpha value is -2.22. The quantitative estimate of drug-likeness (QED) is 0.373. The van der Waals surface area contributed by atoms with Crippen LogP contribution in [-0.2, 0) is 14.3 Å². The molecule has 0 aliphatic heterocycles. The zero-order valence-corrected chi connectivity index (χ0v) is 24.1. The van der Waals surface area contributed by atoms with Gasteiger partial charge in [0.25, 0.3) is 0 Å². The van der Waals surface area contributed by atoms with Gasteiger partial charge in [-0.15, -0.1) is 0 Å². The molecular weight excluding hydrogens is 474 g/mol. The predicted octanol–water partition coefficient (Wildman–Crippen LogP) is 5.14. The number of unbranched alkanes of at least 4 members (excludes halogenated alkanes) is 1. The summed E-state index contributed by atoms with van der Waals surface area (Å²) in [6.07, 6.45) is 4.46. The largest absolute Gasteiger partial charge is 0.444 e. The predicted molar refractivity (Wildman–Crippen MR) is 147 cm³/mol. The Bertz CT molecular complexity index is 894. The maximum Gasteiger partial charge on any atom is 0.408 e. The first-order chi connectivity index (χ1) is 16.9. The summed E-state index contributed by atoms with van der Waals surface area (Å²) in [6.45, 7) is 14.1. The van der Waals surface area contributed by atoms with Crippen LogP contribution in [0.3, 0.4) is 0 Å². The molecule has 0 spiro atoms. The molecule has 0 bridgehead atoms. The van der Waals surface area contributed by atoms with Gasteiger partial charge in [0.15, 0.2) is 0 Å². The SMILES string of the molecule is CCCCNC(=O)C(c1cc(C)cc(C)c1)N(C(=O)C(CCSC)NC(=O)OC(C)(C)C)C1CC1C. The molecule has 1 aliphatic rings. The van der Waals surface area contributed by atoms with Gasteiger partial charge in [-0.1, -0.05) is 49.6 Å². The molecule has 4 atom stereocenters. The third-order valence-corrected chi connectivity index (χ3v) is 6.84. The van der Waals surface area contributed by atoms with Gasteiger partial charge < -0.3 is 20.3 Å². The topological polar surface area (TPSA) is 87.7 Å². The number of carbonyl (C=O) groups excluding carboxylic acids is 3. The van der Waals surface area contributed by atoms with Crippen molar-refractivity contribution in [1.29, 1.82) is 0 Å². The molecule has 1 aromatic rings. The third-order valence-electron chi connectivity index (χ3n) is 6.19. The molecule has 202 valence electrons. The van der Waals surface area contributed by atoms with Gasteiger partial charge in [0.05, 0.1) is 0 Å². The summed E-state index contributed by atoms with van der Waals surface area (Å²) in [5, 5.41) is 5.87. The summed E-state index contributed by atoms with van der Waals surface area (Å²) in [6, 6.07) is 4.44. The molecular formula is C28H45N3O4S. The van der Waals surface area contributed by atoms with Crippen LogP contribution in [0.25, 0.3) is 0 Å². The fraction of sp³-hybridized carbons (Fsp3) is 0.679. The van der Waals surface area contributed by atoms with E-state index < -0.39 is 23.8 Å². The maximum absolute atomic E-state index is 14.2. The number of ether oxygens (including phenoxy) is 1. The van der Waals surface area contributed by atoms with Crippen LogP contribution in [0.15, 0.2) is 18.2 Å². The fourth-order valence-corrected chi connectivity index (χ4v) is 4.86. The Morgan fingerprint density at radius 2 is 1.78 bits per heavy atom. The minimum atomic E-state index is -0.781. The van der Waals surface area contributed by atoms with E-state index in [9.17, 15) is 14.4 Å². The molecule has 1 aromatic carbocycles. The van der Waals surface area contributed by atoms with Crippen LogP contribution in [0, 0.1) is 19.8 Å². The van der Waals surface area contributed by atoms with Gasteiger partial charge in [-0.3, -0.25) is 9.59 Å². The lowest BCUT2D eigenvalue weighted by Crippen LogP contribution is -2.54. The van der Waals surface area contributed by atoms with Crippen LogP contribution in [0.1, 0.15) is 83.0 Å². The van der Waals surface area contributed by atoms with Crippen LogP contribution < -0.4 is 10.6 Å². The minimum Gasteiger partial charge on any atom is -0.444 e. The van der Waals surface area contributed by atoms with Crippen molar-refractivity contribution in [2.24, 2.45) is 5.92 Å². The summed E-state index contributed by atoms with van der Waals surface area (Å²) in [4.78, 5) is 42.2. The Labute approximate surface area is 221 Å². The van der Waals surface area contributed by atoms with Crippen molar-refractivity contribution >= 4 is 29.7 Å². The van der Waals surface area contributed by atoms with Gasteiger partial charge in [-0.2, -0.15) is 11.8 Å². The first-order valence-electron chi connectivity index (χ1n) is 13.0. The summed E-state index contributed by atoms with van der Waals surface area (Å²) >= 11 is 1.61. The minimum absolute atomic E-state index is 0.0579. The van der Waals surface area contributed by atoms with Gasteiger partial charge in [0.2, 0.25) is 11.8 Å². The number of benzene rings is 1. The van der Waals surface area contributed by atoms with E-state index in [-0.39, 0.29) is 23.8 Å². The highest BCUT2D eigenvalue weighted by atomic mass is 32.2. The normalized spacial score (nSPS) is 18.7. The highest BCUT2D eigenvalue weighted by Gasteiger charge is 2.48. The molecule has 4 unspecified atom stereocenters. The Morgan fingerprint density at radius 1 is 1.17 bits per heavy atom. The fourth-order valence-electron chi connectivity index (χ4n) is 4.39. The lowest BCUT2D eigenvalue weighted by molar-refractivity contribution is -0.143. The molecule has 1 saturated carbocycles. The van der Waals surface area contributed by atoms with E-state index in [1.165, 1.54) is 0 Å². The van der Waals surface area contributed by atoms with Crippen molar-refractivity contribution in [1.82, 2.24) is 15.5 Å². The molecule has 1 fully saturated rings. The maximum atomic E-state index is 14.2. The molecule has 36 heavy (non-hydrogen) atoms. The van der Waals surface area contributed by atoms with Crippen molar-refractivity contribution in [2.45, 2.75) is 97.9 Å². The Morgan fingerprint density at radius 3 is 2.28 bits per heavy atom. The van der Waals surface area contributed by atoms with Crippen molar-refractivity contribution in [3.05, 3.63) is 34.9 Å². The molecule has 2 N–H and O–H groups in total. The second kappa shape index (κ2) is 13.4. The molecule has 2 rings (SSSR count). The zero-order valence-electron chi connectivity index (χ0n) is 23.3. The molecule has 0 heterocycles. The first kappa shape index (κ1) is 30.0. The van der Waals surface area contributed by atoms with Crippen LogP contribution in [0.5, 0.6) is 0 Å². The van der Waals surface area contributed by atoms with Crippen LogP contribution in [-0.4, -0.2) is 59.0 Å². The van der Waals surface area contributed by atoms with Crippen molar-refractivity contribution in [3.8, 4) is 0 Å². The van der Waals surface area contributed by atoms with Crippen LogP contribution in [0.2, 0.25) is 0 Å². The molecule has 0 radical (unpaired) electrons. The van der Waals surface area contributed by atoms with E-state index in [4.69, 9.17) is 4.74 Å². The highest BCUT2D eigenvalue weighted by Crippen LogP contribution is 2.41. The standard InChI is InChI=1S/C28H45N3O4S/c1-9-10-12-29-25(32)24(21-15-18(2)14-19(3)16-21)31(23-17-20(23)4)26(33)22(11-13-36-8)30-27(34)35-28(5,6)7/h14-16,20,22-24H,9-13,17H2,1-8H3,(H,29,32)(H,30,34). The monoisotopic (exact) mass is 519 g/mol. The summed E-state index contributed by atoms with van der Waals surface area (Å²) in [5.41, 5.74) is 2.20. The van der Waals surface area contributed by atoms with Crippen LogP contribution >= 0.6 is 11.8 Å².